The van der Waals surface area contributed by atoms with Crippen LogP contribution in [0.1, 0.15) is 38.8 Å². The molecule has 2 aromatic rings. The van der Waals surface area contributed by atoms with Gasteiger partial charge in [0.2, 0.25) is 0 Å². The first kappa shape index (κ1) is 22.0. The van der Waals surface area contributed by atoms with Gasteiger partial charge in [-0.25, -0.2) is 4.90 Å². The minimum absolute atomic E-state index is 0.163. The predicted molar refractivity (Wildman–Crippen MR) is 122 cm³/mol. The first-order valence-electron chi connectivity index (χ1n) is 10.1. The Hall–Kier alpha value is -2.73. The van der Waals surface area contributed by atoms with Gasteiger partial charge in [0.05, 0.1) is 29.4 Å². The fourth-order valence-corrected chi connectivity index (χ4v) is 4.23. The minimum atomic E-state index is -0.321. The highest BCUT2D eigenvalue weighted by Gasteiger charge is 2.40. The molecule has 0 spiro atoms. The summed E-state index contributed by atoms with van der Waals surface area (Å²) in [4.78, 5) is 28.5. The number of thioether (sulfide) groups is 1. The van der Waals surface area contributed by atoms with Crippen LogP contribution in [0.4, 0.5) is 5.69 Å². The highest BCUT2D eigenvalue weighted by atomic mass is 32.2. The lowest BCUT2D eigenvalue weighted by molar-refractivity contribution is -0.119. The van der Waals surface area contributed by atoms with Crippen LogP contribution in [-0.2, 0) is 9.59 Å². The molecule has 0 unspecified atom stereocenters. The van der Waals surface area contributed by atoms with E-state index in [9.17, 15) is 9.59 Å². The summed E-state index contributed by atoms with van der Waals surface area (Å²) in [6.07, 6.45) is 0. The normalized spacial score (nSPS) is 14.1. The number of nitrogens with zero attached hydrogens (tertiary/aromatic N) is 1. The molecule has 0 bridgehead atoms. The Morgan fingerprint density at radius 2 is 1.53 bits per heavy atom. The number of rotatable bonds is 8. The van der Waals surface area contributed by atoms with Crippen LogP contribution in [0.25, 0.3) is 5.57 Å². The fraction of sp³-hybridized carbons (Fsp3) is 0.333. The molecule has 0 saturated carbocycles. The summed E-state index contributed by atoms with van der Waals surface area (Å²) in [5.41, 5.74) is 2.77. The Balaban J connectivity index is 2.06. The van der Waals surface area contributed by atoms with Crippen molar-refractivity contribution in [3.8, 4) is 11.5 Å². The van der Waals surface area contributed by atoms with Gasteiger partial charge in [-0.15, -0.1) is 11.8 Å². The number of anilines is 1. The van der Waals surface area contributed by atoms with Crippen LogP contribution < -0.4 is 14.4 Å². The molecule has 1 aliphatic heterocycles. The molecule has 1 heterocycles. The lowest BCUT2D eigenvalue weighted by Gasteiger charge is -2.18. The molecule has 3 rings (SSSR count). The first-order chi connectivity index (χ1) is 14.4. The van der Waals surface area contributed by atoms with Crippen molar-refractivity contribution in [2.75, 3.05) is 18.1 Å². The average Bonchev–Trinajstić information content (AvgIpc) is 2.94. The zero-order valence-corrected chi connectivity index (χ0v) is 18.8. The maximum Gasteiger partial charge on any atom is 0.272 e. The zero-order chi connectivity index (χ0) is 21.8. The lowest BCUT2D eigenvalue weighted by Crippen LogP contribution is -2.31. The van der Waals surface area contributed by atoms with Gasteiger partial charge in [0.25, 0.3) is 11.8 Å². The van der Waals surface area contributed by atoms with Crippen molar-refractivity contribution in [2.45, 2.75) is 39.9 Å². The van der Waals surface area contributed by atoms with Gasteiger partial charge in [-0.3, -0.25) is 9.59 Å². The van der Waals surface area contributed by atoms with Crippen molar-refractivity contribution < 1.29 is 19.1 Å². The van der Waals surface area contributed by atoms with Crippen LogP contribution in [-0.4, -0.2) is 30.3 Å². The molecule has 0 N–H and O–H groups in total. The molecule has 6 heteroatoms. The van der Waals surface area contributed by atoms with Crippen LogP contribution in [0.15, 0.2) is 47.4 Å². The molecule has 2 aromatic carbocycles. The Morgan fingerprint density at radius 1 is 0.900 bits per heavy atom. The third-order valence-electron chi connectivity index (χ3n) is 4.52. The zero-order valence-electron chi connectivity index (χ0n) is 18.0. The summed E-state index contributed by atoms with van der Waals surface area (Å²) in [6.45, 7) is 10.7. The molecule has 5 nitrogen and oxygen atoms in total. The first-order valence-corrected chi connectivity index (χ1v) is 11.0. The number of ether oxygens (including phenoxy) is 2. The third-order valence-corrected chi connectivity index (χ3v) is 5.61. The number of amides is 2. The van der Waals surface area contributed by atoms with Gasteiger partial charge in [0.15, 0.2) is 11.5 Å². The number of imide groups is 1. The number of aryl methyl sites for hydroxylation is 1. The van der Waals surface area contributed by atoms with Crippen molar-refractivity contribution in [1.82, 2.24) is 0 Å². The summed E-state index contributed by atoms with van der Waals surface area (Å²) in [5, 5.41) is 0.163. The molecule has 0 aliphatic carbocycles. The monoisotopic (exact) mass is 425 g/mol. The van der Waals surface area contributed by atoms with Crippen LogP contribution in [0.3, 0.4) is 0 Å². The van der Waals surface area contributed by atoms with Gasteiger partial charge >= 0.3 is 0 Å². The average molecular weight is 426 g/mol. The second kappa shape index (κ2) is 9.39. The quantitative estimate of drug-likeness (QED) is 0.543. The Bertz CT molecular complexity index is 979. The van der Waals surface area contributed by atoms with E-state index in [0.717, 1.165) is 11.1 Å². The Kier molecular flexibility index (Phi) is 6.87. The molecule has 0 radical (unpaired) electrons. The van der Waals surface area contributed by atoms with Crippen molar-refractivity contribution in [2.24, 2.45) is 0 Å². The molecular weight excluding hydrogens is 398 g/mol. The van der Waals surface area contributed by atoms with E-state index in [0.29, 0.717) is 40.9 Å². The van der Waals surface area contributed by atoms with E-state index in [2.05, 4.69) is 0 Å². The lowest BCUT2D eigenvalue weighted by atomic mass is 10.0. The molecule has 1 aliphatic rings. The molecule has 30 heavy (non-hydrogen) atoms. The summed E-state index contributed by atoms with van der Waals surface area (Å²) >= 11 is 1.42. The van der Waals surface area contributed by atoms with Gasteiger partial charge < -0.3 is 9.47 Å². The predicted octanol–water partition coefficient (Wildman–Crippen LogP) is 5.22. The summed E-state index contributed by atoms with van der Waals surface area (Å²) < 4.78 is 11.3. The third kappa shape index (κ3) is 4.38. The molecule has 2 amide bonds. The largest absolute Gasteiger partial charge is 0.490 e. The van der Waals surface area contributed by atoms with E-state index in [1.165, 1.54) is 16.7 Å². The number of benzene rings is 2. The maximum atomic E-state index is 13.4. The Morgan fingerprint density at radius 3 is 2.13 bits per heavy atom. The summed E-state index contributed by atoms with van der Waals surface area (Å²) in [6, 6.07) is 12.8. The second-order valence-corrected chi connectivity index (χ2v) is 8.77. The number of carbonyl (C=O) groups is 2. The van der Waals surface area contributed by atoms with Crippen LogP contribution in [0.2, 0.25) is 0 Å². The molecule has 0 atom stereocenters. The molecular formula is C24H27NO4S. The highest BCUT2D eigenvalue weighted by molar-refractivity contribution is 8.04. The van der Waals surface area contributed by atoms with Gasteiger partial charge in [-0.1, -0.05) is 43.7 Å². The van der Waals surface area contributed by atoms with Gasteiger partial charge in [0.1, 0.15) is 0 Å². The van der Waals surface area contributed by atoms with E-state index in [4.69, 9.17) is 9.47 Å². The molecule has 0 saturated heterocycles. The Labute approximate surface area is 182 Å². The summed E-state index contributed by atoms with van der Waals surface area (Å²) in [5.74, 6) is 0.476. The van der Waals surface area contributed by atoms with Crippen molar-refractivity contribution in [3.63, 3.8) is 0 Å². The highest BCUT2D eigenvalue weighted by Crippen LogP contribution is 2.41. The van der Waals surface area contributed by atoms with Gasteiger partial charge in [-0.2, -0.15) is 0 Å². The van der Waals surface area contributed by atoms with Crippen molar-refractivity contribution in [1.29, 1.82) is 0 Å². The van der Waals surface area contributed by atoms with E-state index >= 15 is 0 Å². The fourth-order valence-electron chi connectivity index (χ4n) is 3.24. The van der Waals surface area contributed by atoms with E-state index in [1.807, 2.05) is 58.9 Å². The smallest absolute Gasteiger partial charge is 0.272 e. The van der Waals surface area contributed by atoms with E-state index < -0.39 is 0 Å². The maximum absolute atomic E-state index is 13.4. The van der Waals surface area contributed by atoms with E-state index in [-0.39, 0.29) is 17.1 Å². The SMILES string of the molecule is CCOc1ccc(N2C(=O)C(SC(C)C)=C(c3ccc(C)cc3)C2=O)cc1OCC. The second-order valence-electron chi connectivity index (χ2n) is 7.18. The number of hydrogen-bond donors (Lipinski definition) is 0. The minimum Gasteiger partial charge on any atom is -0.490 e. The number of hydrogen-bond acceptors (Lipinski definition) is 5. The van der Waals surface area contributed by atoms with Crippen LogP contribution in [0, 0.1) is 6.92 Å². The van der Waals surface area contributed by atoms with Gasteiger partial charge in [0, 0.05) is 11.3 Å². The molecule has 158 valence electrons. The van der Waals surface area contributed by atoms with E-state index in [1.54, 1.807) is 18.2 Å². The number of carbonyl (C=O) groups excluding carboxylic acids is 2. The topological polar surface area (TPSA) is 55.8 Å². The molecule has 0 fully saturated rings. The van der Waals surface area contributed by atoms with Crippen molar-refractivity contribution >= 4 is 34.8 Å². The standard InChI is InChI=1S/C24H27NO4S/c1-6-28-19-13-12-18(14-20(19)29-7-2)25-23(26)21(17-10-8-16(5)9-11-17)22(24(25)27)30-15(3)4/h8-15H,6-7H2,1-5H3. The molecule has 0 aromatic heterocycles. The summed E-state index contributed by atoms with van der Waals surface area (Å²) in [7, 11) is 0. The van der Waals surface area contributed by atoms with Gasteiger partial charge in [-0.05, 0) is 38.5 Å². The van der Waals surface area contributed by atoms with Crippen LogP contribution >= 0.6 is 11.8 Å². The van der Waals surface area contributed by atoms with Crippen LogP contribution in [0.5, 0.6) is 11.5 Å². The van der Waals surface area contributed by atoms with Crippen molar-refractivity contribution in [3.05, 3.63) is 58.5 Å².